The number of nitro groups is 1. The van der Waals surface area contributed by atoms with Crippen LogP contribution in [0.5, 0.6) is 0 Å². The van der Waals surface area contributed by atoms with Crippen molar-refractivity contribution in [1.82, 2.24) is 9.97 Å². The molecule has 1 aliphatic heterocycles. The lowest BCUT2D eigenvalue weighted by Crippen LogP contribution is -2.39. The van der Waals surface area contributed by atoms with Gasteiger partial charge < -0.3 is 10.2 Å². The average molecular weight is 375 g/mol. The maximum Gasteiger partial charge on any atom is 0.295 e. The Morgan fingerprint density at radius 1 is 1.00 bits per heavy atom. The van der Waals surface area contributed by atoms with Crippen molar-refractivity contribution in [3.05, 3.63) is 77.0 Å². The summed E-state index contributed by atoms with van der Waals surface area (Å²) in [6.07, 6.45) is 3.72. The molecule has 0 saturated carbocycles. The Hall–Kier alpha value is -3.48. The quantitative estimate of drug-likeness (QED) is 0.533. The molecule has 0 bridgehead atoms. The van der Waals surface area contributed by atoms with E-state index in [-0.39, 0.29) is 16.7 Å². The van der Waals surface area contributed by atoms with Crippen LogP contribution < -0.4 is 10.2 Å². The fourth-order valence-electron chi connectivity index (χ4n) is 3.49. The summed E-state index contributed by atoms with van der Waals surface area (Å²) < 4.78 is 0. The Morgan fingerprint density at radius 3 is 2.43 bits per heavy atom. The molecule has 2 aromatic heterocycles. The summed E-state index contributed by atoms with van der Waals surface area (Å²) in [4.78, 5) is 22.3. The molecule has 3 heterocycles. The second-order valence-corrected chi connectivity index (χ2v) is 6.78. The summed E-state index contributed by atoms with van der Waals surface area (Å²) in [5, 5.41) is 14.8. The first-order valence-electron chi connectivity index (χ1n) is 9.34. The van der Waals surface area contributed by atoms with E-state index < -0.39 is 0 Å². The van der Waals surface area contributed by atoms with Crippen LogP contribution in [0.15, 0.2) is 66.9 Å². The van der Waals surface area contributed by atoms with Crippen LogP contribution in [-0.2, 0) is 0 Å². The summed E-state index contributed by atoms with van der Waals surface area (Å²) in [7, 11) is 0. The zero-order valence-electron chi connectivity index (χ0n) is 15.4. The summed E-state index contributed by atoms with van der Waals surface area (Å²) in [5.74, 6) is 1.67. The van der Waals surface area contributed by atoms with E-state index in [9.17, 15) is 10.1 Å². The molecule has 3 aromatic rings. The van der Waals surface area contributed by atoms with Gasteiger partial charge >= 0.3 is 0 Å². The van der Waals surface area contributed by atoms with Crippen LogP contribution >= 0.6 is 0 Å². The van der Waals surface area contributed by atoms with Crippen molar-refractivity contribution in [1.29, 1.82) is 0 Å². The lowest BCUT2D eigenvalue weighted by Gasteiger charge is -2.33. The van der Waals surface area contributed by atoms with Crippen LogP contribution in [0.4, 0.5) is 17.3 Å². The molecule has 1 fully saturated rings. The van der Waals surface area contributed by atoms with Gasteiger partial charge in [-0.3, -0.25) is 10.1 Å². The van der Waals surface area contributed by atoms with Crippen molar-refractivity contribution in [3.8, 4) is 11.3 Å². The maximum absolute atomic E-state index is 11.4. The number of anilines is 2. The normalized spacial score (nSPS) is 14.6. The van der Waals surface area contributed by atoms with Crippen LogP contribution in [0.1, 0.15) is 12.8 Å². The zero-order chi connectivity index (χ0) is 19.3. The SMILES string of the molecule is O=[N+]([O-])c1ccc(NC2CCN(c3ccccn3)CC2)nc1-c1ccccc1. The largest absolute Gasteiger partial charge is 0.367 e. The fraction of sp³-hybridized carbons (Fsp3) is 0.238. The average Bonchev–Trinajstić information content (AvgIpc) is 2.75. The molecule has 0 aliphatic carbocycles. The van der Waals surface area contributed by atoms with Crippen molar-refractivity contribution >= 4 is 17.3 Å². The third-order valence-corrected chi connectivity index (χ3v) is 4.94. The first-order valence-corrected chi connectivity index (χ1v) is 9.34. The second-order valence-electron chi connectivity index (χ2n) is 6.78. The number of pyridine rings is 2. The standard InChI is InChI=1S/C21H21N5O2/c27-26(28)18-9-10-19(24-21(18)16-6-2-1-3-7-16)23-17-11-14-25(15-12-17)20-8-4-5-13-22-20/h1-10,13,17H,11-12,14-15H2,(H,23,24). The van der Waals surface area contributed by atoms with E-state index in [4.69, 9.17) is 0 Å². The Kier molecular flexibility index (Phi) is 5.14. The van der Waals surface area contributed by atoms with Crippen LogP contribution in [0, 0.1) is 10.1 Å². The molecular weight excluding hydrogens is 354 g/mol. The molecule has 142 valence electrons. The van der Waals surface area contributed by atoms with E-state index in [0.717, 1.165) is 37.3 Å². The third-order valence-electron chi connectivity index (χ3n) is 4.94. The minimum atomic E-state index is -0.384. The molecule has 28 heavy (non-hydrogen) atoms. The highest BCUT2D eigenvalue weighted by atomic mass is 16.6. The highest BCUT2D eigenvalue weighted by molar-refractivity contribution is 5.71. The first-order chi connectivity index (χ1) is 13.7. The molecule has 0 unspecified atom stereocenters. The van der Waals surface area contributed by atoms with Gasteiger partial charge in [-0.1, -0.05) is 36.4 Å². The van der Waals surface area contributed by atoms with E-state index in [2.05, 4.69) is 20.2 Å². The van der Waals surface area contributed by atoms with Gasteiger partial charge in [-0.2, -0.15) is 0 Å². The minimum absolute atomic E-state index is 0.0155. The van der Waals surface area contributed by atoms with Crippen LogP contribution in [0.3, 0.4) is 0 Å². The monoisotopic (exact) mass is 375 g/mol. The van der Waals surface area contributed by atoms with E-state index in [1.165, 1.54) is 6.07 Å². The highest BCUT2D eigenvalue weighted by Gasteiger charge is 2.22. The zero-order valence-corrected chi connectivity index (χ0v) is 15.4. The molecule has 7 heteroatoms. The predicted molar refractivity (Wildman–Crippen MR) is 109 cm³/mol. The van der Waals surface area contributed by atoms with Gasteiger partial charge in [-0.25, -0.2) is 9.97 Å². The van der Waals surface area contributed by atoms with Gasteiger partial charge in [-0.15, -0.1) is 0 Å². The summed E-state index contributed by atoms with van der Waals surface area (Å²) in [6.45, 7) is 1.82. The molecule has 1 aromatic carbocycles. The Labute approximate surface area is 163 Å². The number of nitrogens with one attached hydrogen (secondary N) is 1. The lowest BCUT2D eigenvalue weighted by molar-refractivity contribution is -0.384. The number of rotatable bonds is 5. The van der Waals surface area contributed by atoms with Crippen molar-refractivity contribution in [2.75, 3.05) is 23.3 Å². The molecule has 1 saturated heterocycles. The minimum Gasteiger partial charge on any atom is -0.367 e. The number of hydrogen-bond acceptors (Lipinski definition) is 6. The number of nitrogens with zero attached hydrogens (tertiary/aromatic N) is 4. The smallest absolute Gasteiger partial charge is 0.295 e. The van der Waals surface area contributed by atoms with Gasteiger partial charge in [0.1, 0.15) is 11.6 Å². The predicted octanol–water partition coefficient (Wildman–Crippen LogP) is 4.13. The molecule has 0 atom stereocenters. The summed E-state index contributed by atoms with van der Waals surface area (Å²) >= 11 is 0. The van der Waals surface area contributed by atoms with E-state index >= 15 is 0 Å². The van der Waals surface area contributed by atoms with Crippen molar-refractivity contribution in [2.45, 2.75) is 18.9 Å². The van der Waals surface area contributed by atoms with Gasteiger partial charge in [0.2, 0.25) is 0 Å². The number of piperidine rings is 1. The Bertz CT molecular complexity index is 942. The lowest BCUT2D eigenvalue weighted by atomic mass is 10.0. The van der Waals surface area contributed by atoms with Gasteiger partial charge in [0.05, 0.1) is 4.92 Å². The van der Waals surface area contributed by atoms with Gasteiger partial charge in [-0.05, 0) is 31.0 Å². The van der Waals surface area contributed by atoms with Crippen molar-refractivity contribution in [3.63, 3.8) is 0 Å². The summed E-state index contributed by atoms with van der Waals surface area (Å²) in [5.41, 5.74) is 1.14. The van der Waals surface area contributed by atoms with E-state index in [0.29, 0.717) is 11.5 Å². The van der Waals surface area contributed by atoms with Crippen molar-refractivity contribution < 1.29 is 4.92 Å². The van der Waals surface area contributed by atoms with E-state index in [1.807, 2.05) is 54.7 Å². The second kappa shape index (κ2) is 8.04. The molecule has 0 amide bonds. The maximum atomic E-state index is 11.4. The van der Waals surface area contributed by atoms with Gasteiger partial charge in [0.25, 0.3) is 5.69 Å². The van der Waals surface area contributed by atoms with Gasteiger partial charge in [0.15, 0.2) is 5.69 Å². The van der Waals surface area contributed by atoms with Crippen LogP contribution in [0.2, 0.25) is 0 Å². The molecule has 0 spiro atoms. The molecular formula is C21H21N5O2. The van der Waals surface area contributed by atoms with Gasteiger partial charge in [0, 0.05) is 37.0 Å². The number of aromatic nitrogens is 2. The molecule has 1 aliphatic rings. The number of benzene rings is 1. The molecule has 0 radical (unpaired) electrons. The van der Waals surface area contributed by atoms with Crippen LogP contribution in [-0.4, -0.2) is 34.0 Å². The summed E-state index contributed by atoms with van der Waals surface area (Å²) in [6, 6.07) is 18.7. The fourth-order valence-corrected chi connectivity index (χ4v) is 3.49. The van der Waals surface area contributed by atoms with E-state index in [1.54, 1.807) is 6.07 Å². The first kappa shape index (κ1) is 17.9. The van der Waals surface area contributed by atoms with Crippen molar-refractivity contribution in [2.24, 2.45) is 0 Å². The Morgan fingerprint density at radius 2 is 1.75 bits per heavy atom. The highest BCUT2D eigenvalue weighted by Crippen LogP contribution is 2.30. The third kappa shape index (κ3) is 3.93. The molecule has 1 N–H and O–H groups in total. The van der Waals surface area contributed by atoms with Crippen LogP contribution in [0.25, 0.3) is 11.3 Å². The molecule has 7 nitrogen and oxygen atoms in total. The number of hydrogen-bond donors (Lipinski definition) is 1. The Balaban J connectivity index is 1.48. The molecule has 4 rings (SSSR count). The topological polar surface area (TPSA) is 84.2 Å².